The Morgan fingerprint density at radius 3 is 2.65 bits per heavy atom. The first-order valence-electron chi connectivity index (χ1n) is 5.53. The maximum absolute atomic E-state index is 11.0. The van der Waals surface area contributed by atoms with Crippen LogP contribution >= 0.6 is 20.7 Å². The summed E-state index contributed by atoms with van der Waals surface area (Å²) in [5.41, 5.74) is 4.01. The summed E-state index contributed by atoms with van der Waals surface area (Å²) >= 11 is 4.97. The second-order valence-electron chi connectivity index (χ2n) is 3.95. The van der Waals surface area contributed by atoms with Crippen LogP contribution in [0.1, 0.15) is 12.6 Å². The van der Waals surface area contributed by atoms with Crippen molar-refractivity contribution in [3.63, 3.8) is 0 Å². The van der Waals surface area contributed by atoms with Gasteiger partial charge in [-0.2, -0.15) is 0 Å². The molecule has 0 aromatic carbocycles. The molecule has 9 nitrogen and oxygen atoms in total. The fraction of sp³-hybridized carbons (Fsp3) is 0.556. The minimum Gasteiger partial charge on any atom is -0.394 e. The number of aliphatic hydroxyl groups excluding tert-OH is 2. The van der Waals surface area contributed by atoms with Crippen LogP contribution in [0.3, 0.4) is 0 Å². The Hall–Kier alpha value is -0.710. The predicted molar refractivity (Wildman–Crippen MR) is 73.1 cm³/mol. The Bertz CT molecular complexity index is 532. The zero-order valence-electron chi connectivity index (χ0n) is 10.3. The Kier molecular flexibility index (Phi) is 6.86. The molecule has 20 heavy (non-hydrogen) atoms. The van der Waals surface area contributed by atoms with Crippen LogP contribution in [-0.2, 0) is 4.74 Å². The highest BCUT2D eigenvalue weighted by Gasteiger charge is 2.34. The molecule has 114 valence electrons. The number of nitrogens with two attached hydrogens (primary N) is 1. The van der Waals surface area contributed by atoms with Gasteiger partial charge in [0.15, 0.2) is 4.77 Å². The van der Waals surface area contributed by atoms with Gasteiger partial charge in [0, 0.05) is 18.7 Å². The molecule has 1 aliphatic rings. The Balaban J connectivity index is 0.000000444. The number of aromatic nitrogens is 2. The van der Waals surface area contributed by atoms with Crippen molar-refractivity contribution in [3.8, 4) is 0 Å². The van der Waals surface area contributed by atoms with Crippen molar-refractivity contribution in [1.82, 2.24) is 9.55 Å². The maximum atomic E-state index is 11.0. The number of nitrogens with one attached hydrogen (secondary N) is 1. The highest BCUT2D eigenvalue weighted by molar-refractivity contribution is 7.71. The Morgan fingerprint density at radius 2 is 2.20 bits per heavy atom. The zero-order chi connectivity index (χ0) is 15.3. The SMILES string of the molecule is NP(O)O.O=c1ccn([C@H]2C[C@H](O)[C@@H](CO)O2)c(=S)[nH]1. The van der Waals surface area contributed by atoms with Crippen LogP contribution in [0.5, 0.6) is 0 Å². The van der Waals surface area contributed by atoms with E-state index in [9.17, 15) is 9.90 Å². The highest BCUT2D eigenvalue weighted by atomic mass is 32.1. The summed E-state index contributed by atoms with van der Waals surface area (Å²) in [4.78, 5) is 28.3. The van der Waals surface area contributed by atoms with Crippen LogP contribution < -0.4 is 11.1 Å². The van der Waals surface area contributed by atoms with Gasteiger partial charge in [-0.05, 0) is 12.2 Å². The molecular formula is C9H16N3O6PS. The van der Waals surface area contributed by atoms with E-state index in [1.54, 1.807) is 4.57 Å². The largest absolute Gasteiger partial charge is 0.394 e. The lowest BCUT2D eigenvalue weighted by Crippen LogP contribution is -2.24. The fourth-order valence-electron chi connectivity index (χ4n) is 1.70. The maximum Gasteiger partial charge on any atom is 0.251 e. The van der Waals surface area contributed by atoms with E-state index in [-0.39, 0.29) is 16.9 Å². The second-order valence-corrected chi connectivity index (χ2v) is 4.98. The van der Waals surface area contributed by atoms with Gasteiger partial charge in [-0.3, -0.25) is 19.8 Å². The number of hydrogen-bond acceptors (Lipinski definition) is 8. The van der Waals surface area contributed by atoms with Crippen molar-refractivity contribution in [2.45, 2.75) is 24.9 Å². The van der Waals surface area contributed by atoms with Gasteiger partial charge in [0.25, 0.3) is 5.56 Å². The van der Waals surface area contributed by atoms with Crippen LogP contribution in [0.4, 0.5) is 0 Å². The van der Waals surface area contributed by atoms with Crippen molar-refractivity contribution in [1.29, 1.82) is 0 Å². The molecular weight excluding hydrogens is 309 g/mol. The van der Waals surface area contributed by atoms with E-state index in [1.807, 2.05) is 0 Å². The molecule has 0 aliphatic carbocycles. The smallest absolute Gasteiger partial charge is 0.251 e. The third-order valence-electron chi connectivity index (χ3n) is 2.55. The first kappa shape index (κ1) is 17.3. The normalized spacial score (nSPS) is 25.4. The molecule has 1 saturated heterocycles. The van der Waals surface area contributed by atoms with Gasteiger partial charge in [-0.25, -0.2) is 0 Å². The molecule has 0 radical (unpaired) electrons. The molecule has 1 fully saturated rings. The molecule has 0 saturated carbocycles. The third kappa shape index (κ3) is 5.00. The van der Waals surface area contributed by atoms with Gasteiger partial charge < -0.3 is 24.7 Å². The van der Waals surface area contributed by atoms with E-state index in [2.05, 4.69) is 10.5 Å². The summed E-state index contributed by atoms with van der Waals surface area (Å²) < 4.78 is 7.19. The van der Waals surface area contributed by atoms with E-state index in [0.29, 0.717) is 6.42 Å². The van der Waals surface area contributed by atoms with Crippen molar-refractivity contribution >= 4 is 20.7 Å². The molecule has 0 bridgehead atoms. The van der Waals surface area contributed by atoms with Gasteiger partial charge in [-0.1, -0.05) is 0 Å². The van der Waals surface area contributed by atoms with E-state index < -0.39 is 27.0 Å². The molecule has 7 N–H and O–H groups in total. The van der Waals surface area contributed by atoms with E-state index in [1.165, 1.54) is 12.3 Å². The average Bonchev–Trinajstić information content (AvgIpc) is 2.69. The van der Waals surface area contributed by atoms with Crippen LogP contribution in [0.25, 0.3) is 0 Å². The van der Waals surface area contributed by atoms with Gasteiger partial charge in [0.2, 0.25) is 8.53 Å². The summed E-state index contributed by atoms with van der Waals surface area (Å²) in [6.45, 7) is -0.242. The minimum atomic E-state index is -2.12. The van der Waals surface area contributed by atoms with Crippen LogP contribution in [0.15, 0.2) is 17.1 Å². The molecule has 2 rings (SSSR count). The first-order chi connectivity index (χ1) is 9.35. The number of ether oxygens (including phenoxy) is 1. The lowest BCUT2D eigenvalue weighted by Gasteiger charge is -2.14. The summed E-state index contributed by atoms with van der Waals surface area (Å²) in [6, 6.07) is 1.33. The average molecular weight is 325 g/mol. The summed E-state index contributed by atoms with van der Waals surface area (Å²) in [6.07, 6.45) is 0.0864. The molecule has 1 aromatic heterocycles. The quantitative estimate of drug-likeness (QED) is 0.290. The van der Waals surface area contributed by atoms with E-state index in [0.717, 1.165) is 0 Å². The monoisotopic (exact) mass is 325 g/mol. The van der Waals surface area contributed by atoms with Crippen molar-refractivity contribution < 1.29 is 24.7 Å². The minimum absolute atomic E-state index is 0.239. The van der Waals surface area contributed by atoms with Gasteiger partial charge in [0.05, 0.1) is 12.7 Å². The van der Waals surface area contributed by atoms with Gasteiger partial charge >= 0.3 is 0 Å². The molecule has 0 spiro atoms. The van der Waals surface area contributed by atoms with Gasteiger partial charge in [-0.15, -0.1) is 0 Å². The van der Waals surface area contributed by atoms with Crippen molar-refractivity contribution in [3.05, 3.63) is 27.4 Å². The number of rotatable bonds is 2. The standard InChI is InChI=1S/C9H12N2O4S.H4NO2P/c12-4-6-5(13)3-8(15-6)11-2-1-7(14)10-9(11)16;1-4(2)3/h1-2,5-6,8,12-13H,3-4H2,(H,10,14,16);2-3H,1H2/t5-,6+,8+;/m0./s1. The Labute approximate surface area is 120 Å². The number of aromatic amines is 1. The molecule has 0 unspecified atom stereocenters. The van der Waals surface area contributed by atoms with Crippen LogP contribution in [0, 0.1) is 4.77 Å². The lowest BCUT2D eigenvalue weighted by molar-refractivity contribution is -0.0453. The number of hydrogen-bond donors (Lipinski definition) is 6. The number of aliphatic hydroxyl groups is 2. The molecule has 2 heterocycles. The van der Waals surface area contributed by atoms with Crippen molar-refractivity contribution in [2.24, 2.45) is 5.50 Å². The molecule has 3 atom stereocenters. The highest BCUT2D eigenvalue weighted by Crippen LogP contribution is 2.28. The molecule has 0 amide bonds. The van der Waals surface area contributed by atoms with Crippen LogP contribution in [-0.4, -0.2) is 48.4 Å². The van der Waals surface area contributed by atoms with E-state index in [4.69, 9.17) is 31.8 Å². The van der Waals surface area contributed by atoms with E-state index >= 15 is 0 Å². The molecule has 1 aliphatic heterocycles. The number of nitrogens with zero attached hydrogens (tertiary/aromatic N) is 1. The summed E-state index contributed by atoms with van der Waals surface area (Å²) in [5, 5.41) is 18.5. The summed E-state index contributed by atoms with van der Waals surface area (Å²) in [5.74, 6) is 0. The number of H-pyrrole nitrogens is 1. The molecule has 1 aromatic rings. The van der Waals surface area contributed by atoms with Crippen LogP contribution in [0.2, 0.25) is 0 Å². The second kappa shape index (κ2) is 7.91. The first-order valence-corrected chi connectivity index (χ1v) is 7.26. The Morgan fingerprint density at radius 1 is 1.60 bits per heavy atom. The predicted octanol–water partition coefficient (Wildman–Crippen LogP) is -1.30. The van der Waals surface area contributed by atoms with Gasteiger partial charge in [0.1, 0.15) is 12.3 Å². The fourth-order valence-corrected chi connectivity index (χ4v) is 1.98. The van der Waals surface area contributed by atoms with Crippen molar-refractivity contribution in [2.75, 3.05) is 6.61 Å². The molecule has 11 heteroatoms. The topological polar surface area (TPSA) is 154 Å². The third-order valence-corrected chi connectivity index (χ3v) is 2.86. The summed E-state index contributed by atoms with van der Waals surface area (Å²) in [7, 11) is -2.12. The lowest BCUT2D eigenvalue weighted by atomic mass is 10.2. The zero-order valence-corrected chi connectivity index (χ0v) is 12.0.